The molecule has 0 aliphatic carbocycles. The molecule has 0 unspecified atom stereocenters. The molecular weight excluding hydrogens is 276 g/mol. The average Bonchev–Trinajstić information content (AvgIpc) is 2.47. The molecule has 1 amide bonds. The zero-order valence-corrected chi connectivity index (χ0v) is 12.8. The van der Waals surface area contributed by atoms with Gasteiger partial charge in [-0.05, 0) is 43.7 Å². The molecule has 0 fully saturated rings. The van der Waals surface area contributed by atoms with Crippen molar-refractivity contribution in [2.75, 3.05) is 17.2 Å². The van der Waals surface area contributed by atoms with Crippen molar-refractivity contribution in [2.24, 2.45) is 0 Å². The van der Waals surface area contributed by atoms with Crippen LogP contribution in [-0.4, -0.2) is 18.2 Å². The Balaban J connectivity index is 1.83. The number of benzene rings is 2. The fourth-order valence-corrected chi connectivity index (χ4v) is 2.11. The molecule has 4 nitrogen and oxygen atoms in total. The lowest BCUT2D eigenvalue weighted by molar-refractivity contribution is -0.115. The lowest BCUT2D eigenvalue weighted by Crippen LogP contribution is -2.16. The number of anilines is 2. The van der Waals surface area contributed by atoms with Gasteiger partial charge >= 0.3 is 0 Å². The van der Waals surface area contributed by atoms with E-state index >= 15 is 0 Å². The second kappa shape index (κ2) is 7.41. The number of carbonyl (C=O) groups excluding carboxylic acids is 2. The largest absolute Gasteiger partial charge is 0.385 e. The van der Waals surface area contributed by atoms with Gasteiger partial charge in [0, 0.05) is 29.9 Å². The molecule has 2 aromatic rings. The van der Waals surface area contributed by atoms with Crippen LogP contribution >= 0.6 is 0 Å². The highest BCUT2D eigenvalue weighted by molar-refractivity contribution is 5.97. The van der Waals surface area contributed by atoms with Gasteiger partial charge in [0.05, 0.1) is 0 Å². The van der Waals surface area contributed by atoms with Gasteiger partial charge in [0.15, 0.2) is 5.78 Å². The number of hydrogen-bond donors (Lipinski definition) is 2. The molecule has 22 heavy (non-hydrogen) atoms. The summed E-state index contributed by atoms with van der Waals surface area (Å²) in [4.78, 5) is 23.2. The lowest BCUT2D eigenvalue weighted by atomic mass is 10.1. The number of rotatable bonds is 6. The molecule has 0 atom stereocenters. The molecule has 0 spiro atoms. The van der Waals surface area contributed by atoms with E-state index in [1.165, 1.54) is 12.5 Å². The molecule has 4 heteroatoms. The SMILES string of the molecule is CC(=O)c1cccc(NC(=O)CCNc2cccc(C)c2)c1. The van der Waals surface area contributed by atoms with Crippen LogP contribution in [0, 0.1) is 6.92 Å². The minimum Gasteiger partial charge on any atom is -0.385 e. The Morgan fingerprint density at radius 1 is 1.00 bits per heavy atom. The summed E-state index contributed by atoms with van der Waals surface area (Å²) in [5.41, 5.74) is 3.42. The van der Waals surface area contributed by atoms with Gasteiger partial charge in [-0.2, -0.15) is 0 Å². The Morgan fingerprint density at radius 2 is 1.73 bits per heavy atom. The van der Waals surface area contributed by atoms with Crippen LogP contribution in [0.15, 0.2) is 48.5 Å². The third-order valence-corrected chi connectivity index (χ3v) is 3.25. The van der Waals surface area contributed by atoms with Crippen LogP contribution in [0.4, 0.5) is 11.4 Å². The predicted molar refractivity (Wildman–Crippen MR) is 89.4 cm³/mol. The Labute approximate surface area is 130 Å². The van der Waals surface area contributed by atoms with Crippen LogP contribution in [0.25, 0.3) is 0 Å². The van der Waals surface area contributed by atoms with Gasteiger partial charge in [-0.1, -0.05) is 24.3 Å². The van der Waals surface area contributed by atoms with Gasteiger partial charge in [0.1, 0.15) is 0 Å². The van der Waals surface area contributed by atoms with Crippen LogP contribution in [0.3, 0.4) is 0 Å². The lowest BCUT2D eigenvalue weighted by Gasteiger charge is -2.08. The summed E-state index contributed by atoms with van der Waals surface area (Å²) >= 11 is 0. The van der Waals surface area contributed by atoms with E-state index < -0.39 is 0 Å². The van der Waals surface area contributed by atoms with Crippen LogP contribution < -0.4 is 10.6 Å². The van der Waals surface area contributed by atoms with Gasteiger partial charge in [0.25, 0.3) is 0 Å². The first-order chi connectivity index (χ1) is 10.5. The van der Waals surface area contributed by atoms with E-state index in [9.17, 15) is 9.59 Å². The number of Topliss-reactive ketones (excluding diaryl/α,β-unsaturated/α-hetero) is 1. The van der Waals surface area contributed by atoms with Crippen LogP contribution in [0.2, 0.25) is 0 Å². The molecule has 0 aliphatic rings. The third kappa shape index (κ3) is 4.74. The van der Waals surface area contributed by atoms with Crippen molar-refractivity contribution in [1.29, 1.82) is 0 Å². The molecule has 0 saturated heterocycles. The Bertz CT molecular complexity index is 680. The molecule has 0 saturated carbocycles. The minimum atomic E-state index is -0.0825. The van der Waals surface area contributed by atoms with Crippen molar-refractivity contribution in [3.05, 3.63) is 59.7 Å². The van der Waals surface area contributed by atoms with Crippen LogP contribution in [0.5, 0.6) is 0 Å². The van der Waals surface area contributed by atoms with Crippen LogP contribution in [-0.2, 0) is 4.79 Å². The van der Waals surface area contributed by atoms with E-state index in [1.54, 1.807) is 24.3 Å². The summed E-state index contributed by atoms with van der Waals surface area (Å²) in [6.07, 6.45) is 0.359. The Morgan fingerprint density at radius 3 is 2.45 bits per heavy atom. The maximum Gasteiger partial charge on any atom is 0.226 e. The zero-order valence-electron chi connectivity index (χ0n) is 12.8. The monoisotopic (exact) mass is 296 g/mol. The summed E-state index contributed by atoms with van der Waals surface area (Å²) in [6.45, 7) is 4.09. The van der Waals surface area contributed by atoms with Crippen molar-refractivity contribution >= 4 is 23.1 Å². The zero-order chi connectivity index (χ0) is 15.9. The molecule has 2 rings (SSSR count). The van der Waals surface area contributed by atoms with Crippen molar-refractivity contribution in [3.63, 3.8) is 0 Å². The molecule has 0 heterocycles. The first-order valence-electron chi connectivity index (χ1n) is 7.26. The second-order valence-corrected chi connectivity index (χ2v) is 5.23. The maximum absolute atomic E-state index is 11.9. The summed E-state index contributed by atoms with van der Waals surface area (Å²) in [5.74, 6) is -0.0990. The Hall–Kier alpha value is -2.62. The number of amides is 1. The van der Waals surface area contributed by atoms with Crippen molar-refractivity contribution in [3.8, 4) is 0 Å². The van der Waals surface area contributed by atoms with Gasteiger partial charge in [-0.15, -0.1) is 0 Å². The van der Waals surface area contributed by atoms with Gasteiger partial charge in [0.2, 0.25) is 5.91 Å². The van der Waals surface area contributed by atoms with Gasteiger partial charge in [-0.25, -0.2) is 0 Å². The summed E-state index contributed by atoms with van der Waals surface area (Å²) < 4.78 is 0. The fraction of sp³-hybridized carbons (Fsp3) is 0.222. The van der Waals surface area contributed by atoms with Gasteiger partial charge in [-0.3, -0.25) is 9.59 Å². The maximum atomic E-state index is 11.9. The van der Waals surface area contributed by atoms with Crippen molar-refractivity contribution in [1.82, 2.24) is 0 Å². The molecular formula is C18H20N2O2. The number of hydrogen-bond acceptors (Lipinski definition) is 3. The number of carbonyl (C=O) groups is 2. The molecule has 2 aromatic carbocycles. The highest BCUT2D eigenvalue weighted by Crippen LogP contribution is 2.12. The average molecular weight is 296 g/mol. The standard InChI is InChI=1S/C18H20N2O2/c1-13-5-3-7-16(11-13)19-10-9-18(22)20-17-8-4-6-15(12-17)14(2)21/h3-8,11-12,19H,9-10H2,1-2H3,(H,20,22). The molecule has 0 aromatic heterocycles. The van der Waals surface area contributed by atoms with Crippen LogP contribution in [0.1, 0.15) is 29.3 Å². The van der Waals surface area contributed by atoms with E-state index in [0.717, 1.165) is 5.69 Å². The van der Waals surface area contributed by atoms with E-state index in [4.69, 9.17) is 0 Å². The van der Waals surface area contributed by atoms with E-state index in [0.29, 0.717) is 24.2 Å². The highest BCUT2D eigenvalue weighted by atomic mass is 16.1. The van der Waals surface area contributed by atoms with Crippen molar-refractivity contribution in [2.45, 2.75) is 20.3 Å². The second-order valence-electron chi connectivity index (χ2n) is 5.23. The number of ketones is 1. The normalized spacial score (nSPS) is 10.1. The summed E-state index contributed by atoms with van der Waals surface area (Å²) in [7, 11) is 0. The first-order valence-corrected chi connectivity index (χ1v) is 7.26. The number of aryl methyl sites for hydroxylation is 1. The quantitative estimate of drug-likeness (QED) is 0.800. The van der Waals surface area contributed by atoms with Crippen molar-refractivity contribution < 1.29 is 9.59 Å². The molecule has 0 radical (unpaired) electrons. The molecule has 114 valence electrons. The predicted octanol–water partition coefficient (Wildman–Crippen LogP) is 3.64. The first kappa shape index (κ1) is 15.8. The number of nitrogens with one attached hydrogen (secondary N) is 2. The smallest absolute Gasteiger partial charge is 0.226 e. The molecule has 2 N–H and O–H groups in total. The highest BCUT2D eigenvalue weighted by Gasteiger charge is 2.05. The van der Waals surface area contributed by atoms with E-state index in [-0.39, 0.29) is 11.7 Å². The fourth-order valence-electron chi connectivity index (χ4n) is 2.11. The topological polar surface area (TPSA) is 58.2 Å². The Kier molecular flexibility index (Phi) is 5.31. The summed E-state index contributed by atoms with van der Waals surface area (Å²) in [5, 5.41) is 6.02. The summed E-state index contributed by atoms with van der Waals surface area (Å²) in [6, 6.07) is 15.0. The molecule has 0 aliphatic heterocycles. The third-order valence-electron chi connectivity index (χ3n) is 3.25. The molecule has 0 bridgehead atoms. The van der Waals surface area contributed by atoms with Gasteiger partial charge < -0.3 is 10.6 Å². The van der Waals surface area contributed by atoms with E-state index in [2.05, 4.69) is 10.6 Å². The van der Waals surface area contributed by atoms with E-state index in [1.807, 2.05) is 31.2 Å². The minimum absolute atomic E-state index is 0.0165.